The Morgan fingerprint density at radius 3 is 1.65 bits per heavy atom. The Hall–Kier alpha value is -7.11. The van der Waals surface area contributed by atoms with Crippen molar-refractivity contribution in [1.29, 1.82) is 0 Å². The van der Waals surface area contributed by atoms with Gasteiger partial charge in [0.05, 0.1) is 0 Å². The molecule has 62 heavy (non-hydrogen) atoms. The van der Waals surface area contributed by atoms with Crippen molar-refractivity contribution in [2.45, 2.75) is 95.5 Å². The standard InChI is InChI=1S/C44H56N10O8/c1-24(2)19-34-41(60)50-33(9-6-18-47-44(45)46)39(58)53-35(20-26-10-14-29(55)15-11-26)40(59)49-25(3)38(57)51-36(21-27-12-16-30(56)17-13-27)42(61)54-37(43(62)52-34)22-28-23-48-32-8-5-4-7-31(28)32/h4-5,7-8,10-17,23-25,33-37,48,55-56H,6,9,18-22H2,1-3H3,(H,49,59)(H,50,60)(H,51,57)(H,52,62)(H,53,58)(H,54,61)(H4,45,46,47). The molecule has 0 radical (unpaired) electrons. The van der Waals surface area contributed by atoms with Crippen LogP contribution in [0.25, 0.3) is 10.9 Å². The highest BCUT2D eigenvalue weighted by atomic mass is 16.3. The van der Waals surface area contributed by atoms with Crippen LogP contribution in [-0.4, -0.2) is 99.4 Å². The van der Waals surface area contributed by atoms with E-state index in [4.69, 9.17) is 11.5 Å². The highest BCUT2D eigenvalue weighted by Crippen LogP contribution is 2.20. The number of aromatic hydroxyl groups is 2. The van der Waals surface area contributed by atoms with E-state index < -0.39 is 71.7 Å². The second-order valence-electron chi connectivity index (χ2n) is 15.9. The summed E-state index contributed by atoms with van der Waals surface area (Å²) in [6.07, 6.45) is 2.00. The van der Waals surface area contributed by atoms with Gasteiger partial charge in [0.1, 0.15) is 47.8 Å². The third-order valence-electron chi connectivity index (χ3n) is 10.4. The molecule has 1 aromatic heterocycles. The number of rotatable bonds is 12. The molecule has 0 spiro atoms. The van der Waals surface area contributed by atoms with Crippen molar-refractivity contribution < 1.29 is 39.0 Å². The molecule has 5 rings (SSSR count). The first-order valence-corrected chi connectivity index (χ1v) is 20.5. The first-order chi connectivity index (χ1) is 29.6. The molecule has 0 bridgehead atoms. The van der Waals surface area contributed by atoms with Crippen LogP contribution in [0.4, 0.5) is 0 Å². The zero-order chi connectivity index (χ0) is 44.9. The molecule has 330 valence electrons. The summed E-state index contributed by atoms with van der Waals surface area (Å²) in [5.74, 6) is -4.62. The van der Waals surface area contributed by atoms with Gasteiger partial charge in [0.25, 0.3) is 0 Å². The number of amides is 6. The second-order valence-corrected chi connectivity index (χ2v) is 15.9. The molecule has 1 aliphatic heterocycles. The zero-order valence-corrected chi connectivity index (χ0v) is 34.9. The number of nitrogens with one attached hydrogen (secondary N) is 7. The quantitative estimate of drug-likeness (QED) is 0.0538. The van der Waals surface area contributed by atoms with Gasteiger partial charge >= 0.3 is 0 Å². The minimum atomic E-state index is -1.29. The summed E-state index contributed by atoms with van der Waals surface area (Å²) < 4.78 is 0. The molecule has 4 aromatic rings. The van der Waals surface area contributed by atoms with Gasteiger partial charge in [0.2, 0.25) is 35.4 Å². The lowest BCUT2D eigenvalue weighted by Gasteiger charge is -2.29. The Labute approximate surface area is 359 Å². The maximum atomic E-state index is 14.5. The number of nitrogens with zero attached hydrogens (tertiary/aromatic N) is 1. The number of aromatic amines is 1. The summed E-state index contributed by atoms with van der Waals surface area (Å²) >= 11 is 0. The second kappa shape index (κ2) is 21.4. The molecular weight excluding hydrogens is 797 g/mol. The lowest BCUT2D eigenvalue weighted by Crippen LogP contribution is -2.62. The van der Waals surface area contributed by atoms with E-state index >= 15 is 0 Å². The summed E-state index contributed by atoms with van der Waals surface area (Å²) in [4.78, 5) is 92.3. The van der Waals surface area contributed by atoms with E-state index in [9.17, 15) is 39.0 Å². The van der Waals surface area contributed by atoms with Crippen molar-refractivity contribution in [2.75, 3.05) is 6.54 Å². The van der Waals surface area contributed by atoms with Crippen molar-refractivity contribution in [1.82, 2.24) is 36.9 Å². The van der Waals surface area contributed by atoms with Crippen molar-refractivity contribution in [3.63, 3.8) is 0 Å². The molecule has 3 aromatic carbocycles. The molecule has 1 aliphatic rings. The number of hydrogen-bond donors (Lipinski definition) is 11. The monoisotopic (exact) mass is 852 g/mol. The summed E-state index contributed by atoms with van der Waals surface area (Å²) in [5, 5.41) is 37.1. The number of phenolic OH excluding ortho intramolecular Hbond substituents is 2. The molecule has 6 unspecified atom stereocenters. The minimum Gasteiger partial charge on any atom is -0.508 e. The lowest BCUT2D eigenvalue weighted by molar-refractivity contribution is -0.136. The fourth-order valence-electron chi connectivity index (χ4n) is 7.12. The van der Waals surface area contributed by atoms with E-state index in [1.165, 1.54) is 31.2 Å². The number of benzene rings is 3. The molecule has 1 saturated heterocycles. The van der Waals surface area contributed by atoms with Gasteiger partial charge in [-0.2, -0.15) is 0 Å². The maximum Gasteiger partial charge on any atom is 0.243 e. The van der Waals surface area contributed by atoms with Crippen LogP contribution in [0.5, 0.6) is 11.5 Å². The molecule has 6 atom stereocenters. The third kappa shape index (κ3) is 13.2. The Balaban J connectivity index is 1.55. The molecule has 13 N–H and O–H groups in total. The molecule has 6 amide bonds. The molecule has 0 saturated carbocycles. The number of aromatic nitrogens is 1. The van der Waals surface area contributed by atoms with Crippen LogP contribution < -0.4 is 43.4 Å². The number of carbonyl (C=O) groups is 6. The predicted molar refractivity (Wildman–Crippen MR) is 232 cm³/mol. The van der Waals surface area contributed by atoms with E-state index in [1.807, 2.05) is 38.1 Å². The van der Waals surface area contributed by atoms with Crippen LogP contribution in [0.1, 0.15) is 56.7 Å². The van der Waals surface area contributed by atoms with E-state index in [2.05, 4.69) is 41.9 Å². The zero-order valence-electron chi connectivity index (χ0n) is 34.9. The SMILES string of the molecule is CC(C)CC1NC(=O)C(Cc2c[nH]c3ccccc23)NC(=O)C(Cc2ccc(O)cc2)NC(=O)C(C)NC(=O)C(Cc2ccc(O)cc2)NC(=O)C(CCCN=C(N)N)NC1=O. The number of guanidine groups is 1. The normalized spacial score (nSPS) is 22.0. The number of para-hydroxylation sites is 1. The highest BCUT2D eigenvalue weighted by molar-refractivity contribution is 5.98. The Morgan fingerprint density at radius 2 is 1.08 bits per heavy atom. The largest absolute Gasteiger partial charge is 0.508 e. The van der Waals surface area contributed by atoms with E-state index in [0.717, 1.165) is 10.9 Å². The number of phenols is 2. The van der Waals surface area contributed by atoms with Crippen molar-refractivity contribution in [2.24, 2.45) is 22.4 Å². The van der Waals surface area contributed by atoms with Crippen LogP contribution in [-0.2, 0) is 48.0 Å². The average Bonchev–Trinajstić information content (AvgIpc) is 3.64. The first-order valence-electron chi connectivity index (χ1n) is 20.5. The average molecular weight is 853 g/mol. The summed E-state index contributed by atoms with van der Waals surface area (Å²) in [6, 6.07) is 12.0. The van der Waals surface area contributed by atoms with E-state index in [0.29, 0.717) is 16.7 Å². The molecule has 0 aliphatic carbocycles. The predicted octanol–water partition coefficient (Wildman–Crippen LogP) is 0.649. The van der Waals surface area contributed by atoms with Gasteiger partial charge in [0, 0.05) is 42.9 Å². The lowest BCUT2D eigenvalue weighted by atomic mass is 9.99. The first kappa shape index (κ1) is 46.0. The van der Waals surface area contributed by atoms with Crippen LogP contribution >= 0.6 is 0 Å². The summed E-state index contributed by atoms with van der Waals surface area (Å²) in [5.41, 5.74) is 13.7. The van der Waals surface area contributed by atoms with Gasteiger partial charge in [-0.1, -0.05) is 56.3 Å². The van der Waals surface area contributed by atoms with E-state index in [1.54, 1.807) is 30.5 Å². The summed E-state index contributed by atoms with van der Waals surface area (Å²) in [7, 11) is 0. The van der Waals surface area contributed by atoms with Gasteiger partial charge in [0.15, 0.2) is 5.96 Å². The number of fused-ring (bicyclic) bond motifs is 1. The number of nitrogens with two attached hydrogens (primary N) is 2. The molecule has 18 nitrogen and oxygen atoms in total. The smallest absolute Gasteiger partial charge is 0.243 e. The Morgan fingerprint density at radius 1 is 0.613 bits per heavy atom. The number of aliphatic imine (C=N–C) groups is 1. The van der Waals surface area contributed by atoms with Gasteiger partial charge in [-0.3, -0.25) is 33.8 Å². The molecular formula is C44H56N10O8. The Bertz CT molecular complexity index is 2240. The van der Waals surface area contributed by atoms with Crippen LogP contribution in [0.15, 0.2) is 84.0 Å². The number of H-pyrrole nitrogens is 1. The van der Waals surface area contributed by atoms with Crippen LogP contribution in [0.3, 0.4) is 0 Å². The fourth-order valence-corrected chi connectivity index (χ4v) is 7.12. The fraction of sp³-hybridized carbons (Fsp3) is 0.386. The van der Waals surface area contributed by atoms with Gasteiger partial charge in [-0.05, 0) is 79.1 Å². The molecule has 18 heteroatoms. The minimum absolute atomic E-state index is 0.00931. The van der Waals surface area contributed by atoms with Gasteiger partial charge in [-0.25, -0.2) is 0 Å². The Kier molecular flexibility index (Phi) is 15.9. The van der Waals surface area contributed by atoms with E-state index in [-0.39, 0.29) is 68.4 Å². The summed E-state index contributed by atoms with van der Waals surface area (Å²) in [6.45, 7) is 5.26. The third-order valence-corrected chi connectivity index (χ3v) is 10.4. The highest BCUT2D eigenvalue weighted by Gasteiger charge is 2.35. The topological polar surface area (TPSA) is 295 Å². The molecule has 1 fully saturated rings. The van der Waals surface area contributed by atoms with Crippen LogP contribution in [0.2, 0.25) is 0 Å². The number of hydrogen-bond acceptors (Lipinski definition) is 9. The maximum absolute atomic E-state index is 14.5. The van der Waals surface area contributed by atoms with Crippen molar-refractivity contribution in [3.05, 3.63) is 95.7 Å². The van der Waals surface area contributed by atoms with Crippen molar-refractivity contribution >= 4 is 52.3 Å². The molecule has 2 heterocycles. The van der Waals surface area contributed by atoms with Gasteiger partial charge in [-0.15, -0.1) is 0 Å². The van der Waals surface area contributed by atoms with Crippen molar-refractivity contribution in [3.8, 4) is 11.5 Å². The number of carbonyl (C=O) groups excluding carboxylic acids is 6. The van der Waals surface area contributed by atoms with Gasteiger partial charge < -0.3 is 58.6 Å². The van der Waals surface area contributed by atoms with Crippen LogP contribution in [0, 0.1) is 5.92 Å².